The molecule has 1 aromatic carbocycles. The molecule has 5 nitrogen and oxygen atoms in total. The van der Waals surface area contributed by atoms with Crippen molar-refractivity contribution in [2.24, 2.45) is 5.73 Å². The molecule has 1 aromatic rings. The number of nitrogens with zero attached hydrogens (tertiary/aromatic N) is 1. The molecule has 1 aliphatic rings. The van der Waals surface area contributed by atoms with Gasteiger partial charge in [-0.25, -0.2) is 0 Å². The number of rotatable bonds is 6. The summed E-state index contributed by atoms with van der Waals surface area (Å²) in [4.78, 5) is 24.9. The van der Waals surface area contributed by atoms with Crippen LogP contribution in [0.3, 0.4) is 0 Å². The maximum atomic E-state index is 12.2. The molecule has 0 bridgehead atoms. The molecule has 3 N–H and O–H groups in total. The fourth-order valence-corrected chi connectivity index (χ4v) is 2.30. The van der Waals surface area contributed by atoms with Gasteiger partial charge in [0.15, 0.2) is 0 Å². The Morgan fingerprint density at radius 2 is 1.95 bits per heavy atom. The summed E-state index contributed by atoms with van der Waals surface area (Å²) in [7, 11) is 0. The number of primary amides is 1. The number of carbonyl (C=O) groups is 2. The zero-order chi connectivity index (χ0) is 15.2. The molecule has 0 unspecified atom stereocenters. The van der Waals surface area contributed by atoms with Crippen molar-refractivity contribution >= 4 is 17.9 Å². The van der Waals surface area contributed by atoms with Crippen molar-refractivity contribution in [3.8, 4) is 0 Å². The molecule has 0 spiro atoms. The van der Waals surface area contributed by atoms with E-state index < -0.39 is 5.91 Å². The van der Waals surface area contributed by atoms with Gasteiger partial charge in [0.1, 0.15) is 0 Å². The lowest BCUT2D eigenvalue weighted by Crippen LogP contribution is -2.44. The molecule has 2 amide bonds. The normalized spacial score (nSPS) is 14.9. The predicted octanol–water partition coefficient (Wildman–Crippen LogP) is 1.17. The minimum atomic E-state index is -0.472. The third kappa shape index (κ3) is 3.92. The first-order valence-corrected chi connectivity index (χ1v) is 7.11. The van der Waals surface area contributed by atoms with Gasteiger partial charge in [-0.05, 0) is 43.0 Å². The summed E-state index contributed by atoms with van der Waals surface area (Å²) in [5.41, 5.74) is 6.44. The Morgan fingerprint density at radius 1 is 1.29 bits per heavy atom. The van der Waals surface area contributed by atoms with Gasteiger partial charge in [-0.1, -0.05) is 12.1 Å². The summed E-state index contributed by atoms with van der Waals surface area (Å²) in [5.74, 6) is -0.562. The molecule has 1 aliphatic carbocycles. The largest absolute Gasteiger partial charge is 0.395 e. The van der Waals surface area contributed by atoms with E-state index in [4.69, 9.17) is 10.8 Å². The van der Waals surface area contributed by atoms with Crippen LogP contribution in [0.25, 0.3) is 6.08 Å². The molecule has 0 aliphatic heterocycles. The minimum absolute atomic E-state index is 0.0244. The van der Waals surface area contributed by atoms with Crippen molar-refractivity contribution in [2.45, 2.75) is 25.3 Å². The molecule has 0 aromatic heterocycles. The Morgan fingerprint density at radius 3 is 2.43 bits per heavy atom. The monoisotopic (exact) mass is 288 g/mol. The average molecular weight is 288 g/mol. The molecular formula is C16H20N2O3. The highest BCUT2D eigenvalue weighted by Gasteiger charge is 2.26. The number of hydrogen-bond acceptors (Lipinski definition) is 3. The van der Waals surface area contributed by atoms with Crippen molar-refractivity contribution in [1.29, 1.82) is 0 Å². The molecule has 2 rings (SSSR count). The topological polar surface area (TPSA) is 83.6 Å². The van der Waals surface area contributed by atoms with Crippen LogP contribution in [0.15, 0.2) is 30.3 Å². The third-order valence-electron chi connectivity index (χ3n) is 3.75. The number of carbonyl (C=O) groups excluding carboxylic acids is 2. The quantitative estimate of drug-likeness (QED) is 0.771. The van der Waals surface area contributed by atoms with E-state index in [1.165, 1.54) is 6.08 Å². The van der Waals surface area contributed by atoms with E-state index in [9.17, 15) is 9.59 Å². The highest BCUT2D eigenvalue weighted by atomic mass is 16.3. The van der Waals surface area contributed by atoms with Gasteiger partial charge in [-0.3, -0.25) is 9.59 Å². The first kappa shape index (κ1) is 15.3. The van der Waals surface area contributed by atoms with Crippen LogP contribution in [0.2, 0.25) is 0 Å². The van der Waals surface area contributed by atoms with E-state index in [1.54, 1.807) is 35.2 Å². The fourth-order valence-electron chi connectivity index (χ4n) is 2.30. The van der Waals surface area contributed by atoms with Crippen molar-refractivity contribution < 1.29 is 14.7 Å². The standard InChI is InChI=1S/C16H20N2O3/c17-16(21)13-7-4-12(5-8-13)6-9-15(20)18(10-11-19)14-2-1-3-14/h4-9,14,19H,1-3,10-11H2,(H2,17,21)/b9-6+. The number of nitrogens with two attached hydrogens (primary N) is 1. The van der Waals surface area contributed by atoms with Crippen molar-refractivity contribution in [3.05, 3.63) is 41.5 Å². The lowest BCUT2D eigenvalue weighted by molar-refractivity contribution is -0.130. The maximum Gasteiger partial charge on any atom is 0.248 e. The average Bonchev–Trinajstić information content (AvgIpc) is 2.43. The van der Waals surface area contributed by atoms with Gasteiger partial charge in [0.05, 0.1) is 6.61 Å². The summed E-state index contributed by atoms with van der Waals surface area (Å²) in [5, 5.41) is 9.06. The van der Waals surface area contributed by atoms with Crippen LogP contribution in [-0.4, -0.2) is 41.0 Å². The summed E-state index contributed by atoms with van der Waals surface area (Å²) >= 11 is 0. The summed E-state index contributed by atoms with van der Waals surface area (Å²) in [6, 6.07) is 6.99. The van der Waals surface area contributed by atoms with Gasteiger partial charge in [0, 0.05) is 24.2 Å². The molecule has 21 heavy (non-hydrogen) atoms. The first-order chi connectivity index (χ1) is 10.1. The molecule has 1 fully saturated rings. The summed E-state index contributed by atoms with van der Waals surface area (Å²) in [6.45, 7) is 0.345. The summed E-state index contributed by atoms with van der Waals surface area (Å²) < 4.78 is 0. The van der Waals surface area contributed by atoms with Crippen LogP contribution in [-0.2, 0) is 4.79 Å². The van der Waals surface area contributed by atoms with E-state index in [0.717, 1.165) is 24.8 Å². The van der Waals surface area contributed by atoms with Crippen molar-refractivity contribution in [3.63, 3.8) is 0 Å². The molecule has 1 saturated carbocycles. The smallest absolute Gasteiger partial charge is 0.248 e. The van der Waals surface area contributed by atoms with Gasteiger partial charge < -0.3 is 15.7 Å². The van der Waals surface area contributed by atoms with Crippen LogP contribution in [0.1, 0.15) is 35.2 Å². The van der Waals surface area contributed by atoms with Crippen LogP contribution in [0.5, 0.6) is 0 Å². The zero-order valence-electron chi connectivity index (χ0n) is 11.9. The second kappa shape index (κ2) is 7.04. The highest BCUT2D eigenvalue weighted by Crippen LogP contribution is 2.24. The van der Waals surface area contributed by atoms with Gasteiger partial charge in [-0.15, -0.1) is 0 Å². The van der Waals surface area contributed by atoms with Crippen LogP contribution >= 0.6 is 0 Å². The zero-order valence-corrected chi connectivity index (χ0v) is 11.9. The Hall–Kier alpha value is -2.14. The van der Waals surface area contributed by atoms with E-state index in [1.807, 2.05) is 0 Å². The molecule has 112 valence electrons. The second-order valence-corrected chi connectivity index (χ2v) is 5.16. The Labute approximate surface area is 124 Å². The number of aliphatic hydroxyl groups is 1. The van der Waals surface area contributed by atoms with Crippen molar-refractivity contribution in [2.75, 3.05) is 13.2 Å². The molecule has 0 radical (unpaired) electrons. The van der Waals surface area contributed by atoms with E-state index in [2.05, 4.69) is 0 Å². The van der Waals surface area contributed by atoms with Gasteiger partial charge in [0.2, 0.25) is 11.8 Å². The van der Waals surface area contributed by atoms with Gasteiger partial charge >= 0.3 is 0 Å². The number of benzene rings is 1. The van der Waals surface area contributed by atoms with Crippen LogP contribution < -0.4 is 5.73 Å². The summed E-state index contributed by atoms with van der Waals surface area (Å²) in [6.07, 6.45) is 6.36. The molecule has 5 heteroatoms. The lowest BCUT2D eigenvalue weighted by Gasteiger charge is -2.36. The number of aliphatic hydroxyl groups excluding tert-OH is 1. The predicted molar refractivity (Wildman–Crippen MR) is 80.4 cm³/mol. The Balaban J connectivity index is 2.00. The van der Waals surface area contributed by atoms with E-state index in [-0.39, 0.29) is 18.6 Å². The molecule has 0 heterocycles. The second-order valence-electron chi connectivity index (χ2n) is 5.16. The Bertz CT molecular complexity index is 533. The Kier molecular flexibility index (Phi) is 5.11. The molecular weight excluding hydrogens is 268 g/mol. The third-order valence-corrected chi connectivity index (χ3v) is 3.75. The van der Waals surface area contributed by atoms with E-state index in [0.29, 0.717) is 12.1 Å². The lowest BCUT2D eigenvalue weighted by atomic mass is 9.91. The van der Waals surface area contributed by atoms with Crippen molar-refractivity contribution in [1.82, 2.24) is 4.90 Å². The molecule has 0 saturated heterocycles. The number of hydrogen-bond donors (Lipinski definition) is 2. The SMILES string of the molecule is NC(=O)c1ccc(/C=C/C(=O)N(CCO)C2CCC2)cc1. The maximum absolute atomic E-state index is 12.2. The van der Waals surface area contributed by atoms with Crippen LogP contribution in [0, 0.1) is 0 Å². The molecule has 0 atom stereocenters. The highest BCUT2D eigenvalue weighted by molar-refractivity contribution is 5.94. The first-order valence-electron chi connectivity index (χ1n) is 7.11. The minimum Gasteiger partial charge on any atom is -0.395 e. The number of amides is 2. The van der Waals surface area contributed by atoms with E-state index >= 15 is 0 Å². The van der Waals surface area contributed by atoms with Crippen LogP contribution in [0.4, 0.5) is 0 Å². The fraction of sp³-hybridized carbons (Fsp3) is 0.375. The van der Waals surface area contributed by atoms with Gasteiger partial charge in [-0.2, -0.15) is 0 Å². The van der Waals surface area contributed by atoms with Gasteiger partial charge in [0.25, 0.3) is 0 Å².